The minimum atomic E-state index is 0.446. The minimum Gasteiger partial charge on any atom is -0.381 e. The Morgan fingerprint density at radius 2 is 1.76 bits per heavy atom. The Hall–Kier alpha value is -0.160. The second-order valence-corrected chi connectivity index (χ2v) is 5.77. The van der Waals surface area contributed by atoms with Gasteiger partial charge in [0.2, 0.25) is 0 Å². The second-order valence-electron chi connectivity index (χ2n) is 5.77. The fraction of sp³-hybridized carbons (Fsp3) is 1.00. The molecule has 17 heavy (non-hydrogen) atoms. The van der Waals surface area contributed by atoms with Gasteiger partial charge in [-0.2, -0.15) is 0 Å². The largest absolute Gasteiger partial charge is 0.381 e. The van der Waals surface area contributed by atoms with Gasteiger partial charge in [-0.05, 0) is 18.8 Å². The molecule has 3 saturated heterocycles. The first-order chi connectivity index (χ1) is 8.39. The summed E-state index contributed by atoms with van der Waals surface area (Å²) in [5, 5.41) is 3.42. The highest BCUT2D eigenvalue weighted by Gasteiger charge is 2.46. The molecule has 0 radical (unpaired) electrons. The number of ether oxygens (including phenoxy) is 2. The molecule has 4 nitrogen and oxygen atoms in total. The second kappa shape index (κ2) is 5.22. The van der Waals surface area contributed by atoms with Gasteiger partial charge in [0.1, 0.15) is 0 Å². The lowest BCUT2D eigenvalue weighted by atomic mass is 9.69. The van der Waals surface area contributed by atoms with E-state index in [2.05, 4.69) is 10.2 Å². The quantitative estimate of drug-likeness (QED) is 0.771. The van der Waals surface area contributed by atoms with Crippen LogP contribution in [-0.4, -0.2) is 64.1 Å². The standard InChI is InChI=1S/C13H24N2O2/c1-7-16-8-2-12(1)13(10-17-11-13)9-15-5-3-14-4-6-15/h12,14H,1-11H2. The molecule has 0 aromatic rings. The monoisotopic (exact) mass is 240 g/mol. The van der Waals surface area contributed by atoms with Crippen molar-refractivity contribution in [3.63, 3.8) is 0 Å². The van der Waals surface area contributed by atoms with Crippen molar-refractivity contribution >= 4 is 0 Å². The topological polar surface area (TPSA) is 33.7 Å². The van der Waals surface area contributed by atoms with Crippen LogP contribution in [0.3, 0.4) is 0 Å². The van der Waals surface area contributed by atoms with E-state index < -0.39 is 0 Å². The van der Waals surface area contributed by atoms with E-state index in [1.165, 1.54) is 32.5 Å². The first-order valence-electron chi connectivity index (χ1n) is 6.98. The van der Waals surface area contributed by atoms with Crippen molar-refractivity contribution in [2.45, 2.75) is 12.8 Å². The van der Waals surface area contributed by atoms with E-state index in [1.54, 1.807) is 0 Å². The molecule has 4 heteroatoms. The van der Waals surface area contributed by atoms with Crippen LogP contribution in [0.5, 0.6) is 0 Å². The van der Waals surface area contributed by atoms with E-state index >= 15 is 0 Å². The van der Waals surface area contributed by atoms with Gasteiger partial charge in [-0.3, -0.25) is 0 Å². The van der Waals surface area contributed by atoms with E-state index in [1.807, 2.05) is 0 Å². The molecule has 0 atom stereocenters. The molecule has 0 bridgehead atoms. The van der Waals surface area contributed by atoms with Gasteiger partial charge in [-0.25, -0.2) is 0 Å². The summed E-state index contributed by atoms with van der Waals surface area (Å²) in [6.07, 6.45) is 2.46. The molecule has 1 N–H and O–H groups in total. The number of hydrogen-bond donors (Lipinski definition) is 1. The molecule has 0 aliphatic carbocycles. The maximum atomic E-state index is 5.55. The minimum absolute atomic E-state index is 0.446. The first-order valence-corrected chi connectivity index (χ1v) is 6.98. The fourth-order valence-electron chi connectivity index (χ4n) is 3.44. The summed E-state index contributed by atoms with van der Waals surface area (Å²) < 4.78 is 11.0. The Bertz CT molecular complexity index is 244. The molecule has 0 aromatic carbocycles. The van der Waals surface area contributed by atoms with Crippen molar-refractivity contribution < 1.29 is 9.47 Å². The predicted molar refractivity (Wildman–Crippen MR) is 66.1 cm³/mol. The SMILES string of the molecule is C1CN(CC2(C3CCOCC3)COC2)CCN1. The first kappa shape index (κ1) is 11.9. The maximum Gasteiger partial charge on any atom is 0.0559 e. The normalized spacial score (nSPS) is 31.1. The molecule has 0 aromatic heterocycles. The fourth-order valence-corrected chi connectivity index (χ4v) is 3.44. The highest BCUT2D eigenvalue weighted by atomic mass is 16.5. The smallest absolute Gasteiger partial charge is 0.0559 e. The van der Waals surface area contributed by atoms with Crippen LogP contribution in [0.2, 0.25) is 0 Å². The van der Waals surface area contributed by atoms with E-state index in [4.69, 9.17) is 9.47 Å². The summed E-state index contributed by atoms with van der Waals surface area (Å²) in [5.41, 5.74) is 0.446. The molecule has 0 saturated carbocycles. The van der Waals surface area contributed by atoms with Gasteiger partial charge in [0.25, 0.3) is 0 Å². The summed E-state index contributed by atoms with van der Waals surface area (Å²) in [6, 6.07) is 0. The zero-order valence-electron chi connectivity index (χ0n) is 10.6. The van der Waals surface area contributed by atoms with Crippen molar-refractivity contribution in [2.75, 3.05) is 59.2 Å². The van der Waals surface area contributed by atoms with E-state index in [0.29, 0.717) is 5.41 Å². The molecule has 3 aliphatic rings. The van der Waals surface area contributed by atoms with E-state index in [0.717, 1.165) is 45.4 Å². The molecule has 0 amide bonds. The summed E-state index contributed by atoms with van der Waals surface area (Å²) in [6.45, 7) is 9.77. The lowest BCUT2D eigenvalue weighted by Crippen LogP contribution is -2.58. The molecule has 3 rings (SSSR count). The highest BCUT2D eigenvalue weighted by Crippen LogP contribution is 2.41. The van der Waals surface area contributed by atoms with Crippen LogP contribution in [0.25, 0.3) is 0 Å². The molecule has 3 aliphatic heterocycles. The number of piperazine rings is 1. The van der Waals surface area contributed by atoms with Crippen molar-refractivity contribution in [1.82, 2.24) is 10.2 Å². The van der Waals surface area contributed by atoms with Crippen LogP contribution in [0.1, 0.15) is 12.8 Å². The average Bonchev–Trinajstić information content (AvgIpc) is 2.36. The van der Waals surface area contributed by atoms with Crippen LogP contribution in [0, 0.1) is 11.3 Å². The van der Waals surface area contributed by atoms with Gasteiger partial charge in [0.15, 0.2) is 0 Å². The van der Waals surface area contributed by atoms with E-state index in [9.17, 15) is 0 Å². The van der Waals surface area contributed by atoms with Gasteiger partial charge in [-0.1, -0.05) is 0 Å². The number of nitrogens with one attached hydrogen (secondary N) is 1. The Kier molecular flexibility index (Phi) is 3.66. The van der Waals surface area contributed by atoms with Gasteiger partial charge in [0, 0.05) is 51.4 Å². The molecule has 3 fully saturated rings. The van der Waals surface area contributed by atoms with E-state index in [-0.39, 0.29) is 0 Å². The summed E-state index contributed by atoms with van der Waals surface area (Å²) in [4.78, 5) is 2.62. The lowest BCUT2D eigenvalue weighted by Gasteiger charge is -2.51. The van der Waals surface area contributed by atoms with Gasteiger partial charge in [0.05, 0.1) is 13.2 Å². The van der Waals surface area contributed by atoms with Crippen LogP contribution >= 0.6 is 0 Å². The van der Waals surface area contributed by atoms with Gasteiger partial charge >= 0.3 is 0 Å². The Morgan fingerprint density at radius 3 is 2.35 bits per heavy atom. The third-order valence-corrected chi connectivity index (χ3v) is 4.61. The summed E-state index contributed by atoms with van der Waals surface area (Å²) >= 11 is 0. The molecule has 0 unspecified atom stereocenters. The van der Waals surface area contributed by atoms with Crippen molar-refractivity contribution in [3.05, 3.63) is 0 Å². The average molecular weight is 240 g/mol. The maximum absolute atomic E-state index is 5.55. The zero-order valence-corrected chi connectivity index (χ0v) is 10.6. The molecule has 3 heterocycles. The number of hydrogen-bond acceptors (Lipinski definition) is 4. The van der Waals surface area contributed by atoms with Crippen LogP contribution in [-0.2, 0) is 9.47 Å². The molecule has 98 valence electrons. The van der Waals surface area contributed by atoms with Gasteiger partial charge < -0.3 is 19.7 Å². The lowest BCUT2D eigenvalue weighted by molar-refractivity contribution is -0.173. The van der Waals surface area contributed by atoms with Crippen molar-refractivity contribution in [2.24, 2.45) is 11.3 Å². The van der Waals surface area contributed by atoms with Crippen molar-refractivity contribution in [1.29, 1.82) is 0 Å². The third-order valence-electron chi connectivity index (χ3n) is 4.61. The predicted octanol–water partition coefficient (Wildman–Crippen LogP) is 0.335. The summed E-state index contributed by atoms with van der Waals surface area (Å²) in [7, 11) is 0. The Morgan fingerprint density at radius 1 is 1.06 bits per heavy atom. The molecular formula is C13H24N2O2. The molecular weight excluding hydrogens is 216 g/mol. The van der Waals surface area contributed by atoms with Crippen LogP contribution < -0.4 is 5.32 Å². The van der Waals surface area contributed by atoms with Crippen LogP contribution in [0.4, 0.5) is 0 Å². The van der Waals surface area contributed by atoms with Gasteiger partial charge in [-0.15, -0.1) is 0 Å². The Labute approximate surface area is 104 Å². The number of nitrogens with zero attached hydrogens (tertiary/aromatic N) is 1. The Balaban J connectivity index is 1.60. The number of rotatable bonds is 3. The third kappa shape index (κ3) is 2.50. The molecule has 0 spiro atoms. The van der Waals surface area contributed by atoms with Crippen LogP contribution in [0.15, 0.2) is 0 Å². The van der Waals surface area contributed by atoms with Crippen molar-refractivity contribution in [3.8, 4) is 0 Å². The highest BCUT2D eigenvalue weighted by molar-refractivity contribution is 4.95. The zero-order chi connectivity index (χ0) is 11.6. The summed E-state index contributed by atoms with van der Waals surface area (Å²) in [5.74, 6) is 0.819.